The van der Waals surface area contributed by atoms with Crippen LogP contribution in [0, 0.1) is 13.8 Å². The SMILES string of the molecule is Cc1cc(C)cc(NC(=O)CN2C(=O)COc3ccc(C(=O)O)cc32)c1. The van der Waals surface area contributed by atoms with Crippen LogP contribution >= 0.6 is 0 Å². The molecule has 26 heavy (non-hydrogen) atoms. The van der Waals surface area contributed by atoms with Gasteiger partial charge in [-0.3, -0.25) is 14.5 Å². The van der Waals surface area contributed by atoms with Crippen molar-refractivity contribution in [1.29, 1.82) is 0 Å². The molecule has 0 atom stereocenters. The Labute approximate surface area is 150 Å². The molecule has 2 aromatic rings. The smallest absolute Gasteiger partial charge is 0.335 e. The Balaban J connectivity index is 1.83. The average molecular weight is 354 g/mol. The summed E-state index contributed by atoms with van der Waals surface area (Å²) >= 11 is 0. The van der Waals surface area contributed by atoms with Gasteiger partial charge in [0.05, 0.1) is 11.3 Å². The Morgan fingerprint density at radius 1 is 1.15 bits per heavy atom. The van der Waals surface area contributed by atoms with Crippen molar-refractivity contribution in [1.82, 2.24) is 0 Å². The Kier molecular flexibility index (Phi) is 4.62. The van der Waals surface area contributed by atoms with E-state index < -0.39 is 11.9 Å². The molecule has 134 valence electrons. The van der Waals surface area contributed by atoms with Crippen LogP contribution in [0.2, 0.25) is 0 Å². The van der Waals surface area contributed by atoms with Gasteiger partial charge in [0, 0.05) is 5.69 Å². The van der Waals surface area contributed by atoms with Crippen molar-refractivity contribution in [3.8, 4) is 5.75 Å². The van der Waals surface area contributed by atoms with Crippen molar-refractivity contribution in [3.63, 3.8) is 0 Å². The molecule has 2 aromatic carbocycles. The van der Waals surface area contributed by atoms with Gasteiger partial charge in [-0.15, -0.1) is 0 Å². The van der Waals surface area contributed by atoms with Crippen LogP contribution in [0.3, 0.4) is 0 Å². The lowest BCUT2D eigenvalue weighted by molar-refractivity contribution is -0.123. The van der Waals surface area contributed by atoms with Gasteiger partial charge in [-0.2, -0.15) is 0 Å². The maximum absolute atomic E-state index is 12.4. The number of carboxylic acids is 1. The minimum atomic E-state index is -1.12. The highest BCUT2D eigenvalue weighted by atomic mass is 16.5. The summed E-state index contributed by atoms with van der Waals surface area (Å²) < 4.78 is 5.32. The Hall–Kier alpha value is -3.35. The number of carbonyl (C=O) groups is 3. The van der Waals surface area contributed by atoms with Crippen LogP contribution in [0.4, 0.5) is 11.4 Å². The van der Waals surface area contributed by atoms with Crippen LogP contribution in [-0.4, -0.2) is 36.0 Å². The molecule has 0 fully saturated rings. The minimum absolute atomic E-state index is 0.0155. The number of carboxylic acid groups (broad SMARTS) is 1. The standard InChI is InChI=1S/C19H18N2O5/c1-11-5-12(2)7-14(6-11)20-17(22)9-21-15-8-13(19(24)25)3-4-16(15)26-10-18(21)23/h3-8H,9-10H2,1-2H3,(H,20,22)(H,24,25). The molecule has 1 aliphatic heterocycles. The van der Waals surface area contributed by atoms with Gasteiger partial charge in [-0.05, 0) is 55.3 Å². The van der Waals surface area contributed by atoms with E-state index in [4.69, 9.17) is 9.84 Å². The first-order chi connectivity index (χ1) is 12.3. The summed E-state index contributed by atoms with van der Waals surface area (Å²) in [6, 6.07) is 9.87. The van der Waals surface area contributed by atoms with Crippen molar-refractivity contribution < 1.29 is 24.2 Å². The fraction of sp³-hybridized carbons (Fsp3) is 0.211. The highest BCUT2D eigenvalue weighted by molar-refractivity contribution is 6.05. The number of rotatable bonds is 4. The molecule has 2 amide bonds. The molecular weight excluding hydrogens is 336 g/mol. The lowest BCUT2D eigenvalue weighted by Gasteiger charge is -2.29. The van der Waals surface area contributed by atoms with E-state index in [9.17, 15) is 14.4 Å². The van der Waals surface area contributed by atoms with Gasteiger partial charge in [0.2, 0.25) is 5.91 Å². The highest BCUT2D eigenvalue weighted by Gasteiger charge is 2.28. The van der Waals surface area contributed by atoms with E-state index in [1.54, 1.807) is 0 Å². The molecule has 0 unspecified atom stereocenters. The number of benzene rings is 2. The molecule has 0 saturated heterocycles. The lowest BCUT2D eigenvalue weighted by atomic mass is 10.1. The molecule has 7 heteroatoms. The third-order valence-electron chi connectivity index (χ3n) is 3.96. The second-order valence-electron chi connectivity index (χ2n) is 6.18. The maximum Gasteiger partial charge on any atom is 0.335 e. The number of hydrogen-bond donors (Lipinski definition) is 2. The summed E-state index contributed by atoms with van der Waals surface area (Å²) in [5.41, 5.74) is 2.96. The van der Waals surface area contributed by atoms with Crippen LogP contribution in [0.5, 0.6) is 5.75 Å². The van der Waals surface area contributed by atoms with E-state index in [0.717, 1.165) is 11.1 Å². The van der Waals surface area contributed by atoms with Crippen LogP contribution < -0.4 is 15.0 Å². The van der Waals surface area contributed by atoms with E-state index in [1.807, 2.05) is 32.0 Å². The molecule has 0 aliphatic carbocycles. The van der Waals surface area contributed by atoms with Crippen molar-refractivity contribution in [2.45, 2.75) is 13.8 Å². The molecule has 0 aromatic heterocycles. The number of fused-ring (bicyclic) bond motifs is 1. The van der Waals surface area contributed by atoms with E-state index >= 15 is 0 Å². The van der Waals surface area contributed by atoms with Gasteiger partial charge in [-0.25, -0.2) is 4.79 Å². The predicted molar refractivity (Wildman–Crippen MR) is 95.8 cm³/mol. The second kappa shape index (κ2) is 6.87. The van der Waals surface area contributed by atoms with Crippen LogP contribution in [0.1, 0.15) is 21.5 Å². The molecule has 7 nitrogen and oxygen atoms in total. The van der Waals surface area contributed by atoms with Crippen molar-refractivity contribution in [2.75, 3.05) is 23.4 Å². The average Bonchev–Trinajstić information content (AvgIpc) is 2.56. The molecule has 0 spiro atoms. The van der Waals surface area contributed by atoms with E-state index in [2.05, 4.69) is 5.32 Å². The van der Waals surface area contributed by atoms with E-state index in [-0.39, 0.29) is 30.3 Å². The fourth-order valence-electron chi connectivity index (χ4n) is 2.90. The van der Waals surface area contributed by atoms with Gasteiger partial charge in [-0.1, -0.05) is 6.07 Å². The number of aromatic carboxylic acids is 1. The molecule has 1 heterocycles. The molecule has 2 N–H and O–H groups in total. The van der Waals surface area contributed by atoms with Gasteiger partial charge in [0.15, 0.2) is 6.61 Å². The quantitative estimate of drug-likeness (QED) is 0.879. The zero-order chi connectivity index (χ0) is 18.8. The zero-order valence-corrected chi connectivity index (χ0v) is 14.4. The highest BCUT2D eigenvalue weighted by Crippen LogP contribution is 2.33. The Morgan fingerprint density at radius 2 is 1.85 bits per heavy atom. The molecule has 3 rings (SSSR count). The first kappa shape index (κ1) is 17.5. The first-order valence-corrected chi connectivity index (χ1v) is 8.02. The van der Waals surface area contributed by atoms with Gasteiger partial charge < -0.3 is 15.2 Å². The summed E-state index contributed by atoms with van der Waals surface area (Å²) in [5, 5.41) is 11.9. The number of amides is 2. The predicted octanol–water partition coefficient (Wildman–Crippen LogP) is 2.37. The van der Waals surface area contributed by atoms with Gasteiger partial charge in [0.25, 0.3) is 5.91 Å². The van der Waals surface area contributed by atoms with Crippen LogP contribution in [-0.2, 0) is 9.59 Å². The summed E-state index contributed by atoms with van der Waals surface area (Å²) in [7, 11) is 0. The van der Waals surface area contributed by atoms with Crippen LogP contribution in [0.25, 0.3) is 0 Å². The molecule has 1 aliphatic rings. The fourth-order valence-corrected chi connectivity index (χ4v) is 2.90. The van der Waals surface area contributed by atoms with E-state index in [0.29, 0.717) is 11.4 Å². The number of nitrogens with zero attached hydrogens (tertiary/aromatic N) is 1. The number of aryl methyl sites for hydroxylation is 2. The number of anilines is 2. The molecule has 0 bridgehead atoms. The maximum atomic E-state index is 12.4. The lowest BCUT2D eigenvalue weighted by Crippen LogP contribution is -2.43. The van der Waals surface area contributed by atoms with Crippen molar-refractivity contribution in [2.24, 2.45) is 0 Å². The molecule has 0 saturated carbocycles. The summed E-state index contributed by atoms with van der Waals surface area (Å²) in [4.78, 5) is 37.0. The number of nitrogens with one attached hydrogen (secondary N) is 1. The van der Waals surface area contributed by atoms with Crippen LogP contribution in [0.15, 0.2) is 36.4 Å². The number of hydrogen-bond acceptors (Lipinski definition) is 4. The van der Waals surface area contributed by atoms with E-state index in [1.165, 1.54) is 23.1 Å². The molecule has 0 radical (unpaired) electrons. The summed E-state index contributed by atoms with van der Waals surface area (Å²) in [6.45, 7) is 3.43. The third-order valence-corrected chi connectivity index (χ3v) is 3.96. The largest absolute Gasteiger partial charge is 0.482 e. The van der Waals surface area contributed by atoms with Gasteiger partial charge in [0.1, 0.15) is 12.3 Å². The minimum Gasteiger partial charge on any atom is -0.482 e. The topological polar surface area (TPSA) is 95.9 Å². The first-order valence-electron chi connectivity index (χ1n) is 8.02. The third kappa shape index (κ3) is 3.66. The van der Waals surface area contributed by atoms with Crippen molar-refractivity contribution >= 4 is 29.2 Å². The normalized spacial score (nSPS) is 13.0. The number of ether oxygens (including phenoxy) is 1. The molecular formula is C19H18N2O5. The van der Waals surface area contributed by atoms with Gasteiger partial charge >= 0.3 is 5.97 Å². The monoisotopic (exact) mass is 354 g/mol. The second-order valence-corrected chi connectivity index (χ2v) is 6.18. The summed E-state index contributed by atoms with van der Waals surface area (Å²) in [5.74, 6) is -1.54. The zero-order valence-electron chi connectivity index (χ0n) is 14.4. The summed E-state index contributed by atoms with van der Waals surface area (Å²) in [6.07, 6.45) is 0. The Bertz CT molecular complexity index is 887. The van der Waals surface area contributed by atoms with Crippen molar-refractivity contribution in [3.05, 3.63) is 53.1 Å². The Morgan fingerprint density at radius 3 is 2.50 bits per heavy atom. The number of carbonyl (C=O) groups excluding carboxylic acids is 2.